The van der Waals surface area contributed by atoms with Crippen LogP contribution in [0.2, 0.25) is 0 Å². The standard InChI is InChI=1S/C15H15NO6/c17-13(16-8-3-1-7(2-4-8)14(18)19)11-9-5-6-10(22-9)12(11)15(20)21/h1-4,9-12H,5-6H2,(H,16,17)(H,18,19)(H,20,21)/p-2/t9-,10+,11+,12-/m1/s1. The van der Waals surface area contributed by atoms with E-state index in [2.05, 4.69) is 5.32 Å². The molecule has 0 aromatic heterocycles. The summed E-state index contributed by atoms with van der Waals surface area (Å²) in [4.78, 5) is 34.2. The number of carbonyl (C=O) groups excluding carboxylic acids is 3. The van der Waals surface area contributed by atoms with Crippen LogP contribution in [0.25, 0.3) is 0 Å². The molecule has 3 rings (SSSR count). The topological polar surface area (TPSA) is 119 Å². The Morgan fingerprint density at radius 1 is 1.00 bits per heavy atom. The lowest BCUT2D eigenvalue weighted by molar-refractivity contribution is -0.313. The van der Waals surface area contributed by atoms with Crippen molar-refractivity contribution in [1.82, 2.24) is 0 Å². The second kappa shape index (κ2) is 5.42. The van der Waals surface area contributed by atoms with Gasteiger partial charge in [0.05, 0.1) is 24.1 Å². The van der Waals surface area contributed by atoms with Crippen LogP contribution in [0.1, 0.15) is 23.2 Å². The third-order valence-electron chi connectivity index (χ3n) is 4.24. The summed E-state index contributed by atoms with van der Waals surface area (Å²) >= 11 is 0. The maximum absolute atomic E-state index is 12.3. The zero-order valence-electron chi connectivity index (χ0n) is 11.5. The molecule has 116 valence electrons. The molecule has 2 aliphatic rings. The van der Waals surface area contributed by atoms with Gasteiger partial charge in [-0.25, -0.2) is 0 Å². The molecule has 2 fully saturated rings. The van der Waals surface area contributed by atoms with Gasteiger partial charge in [-0.15, -0.1) is 0 Å². The summed E-state index contributed by atoms with van der Waals surface area (Å²) in [5.41, 5.74) is 0.378. The van der Waals surface area contributed by atoms with Gasteiger partial charge in [0.2, 0.25) is 5.91 Å². The molecule has 0 aliphatic carbocycles. The maximum atomic E-state index is 12.3. The number of ether oxygens (including phenoxy) is 1. The lowest BCUT2D eigenvalue weighted by Gasteiger charge is -2.27. The van der Waals surface area contributed by atoms with E-state index in [1.165, 1.54) is 24.3 Å². The number of nitrogens with one attached hydrogen (secondary N) is 1. The number of carboxylic acid groups (broad SMARTS) is 2. The van der Waals surface area contributed by atoms with Crippen LogP contribution in [0.15, 0.2) is 24.3 Å². The lowest BCUT2D eigenvalue weighted by Crippen LogP contribution is -2.46. The molecule has 1 amide bonds. The smallest absolute Gasteiger partial charge is 0.230 e. The fourth-order valence-corrected chi connectivity index (χ4v) is 3.23. The van der Waals surface area contributed by atoms with E-state index in [0.29, 0.717) is 18.5 Å². The van der Waals surface area contributed by atoms with Gasteiger partial charge in [0.15, 0.2) is 0 Å². The van der Waals surface area contributed by atoms with E-state index in [-0.39, 0.29) is 5.56 Å². The van der Waals surface area contributed by atoms with Crippen molar-refractivity contribution in [1.29, 1.82) is 0 Å². The number of aromatic carboxylic acids is 1. The number of hydrogen-bond acceptors (Lipinski definition) is 6. The molecule has 22 heavy (non-hydrogen) atoms. The number of anilines is 1. The highest BCUT2D eigenvalue weighted by Crippen LogP contribution is 2.43. The van der Waals surface area contributed by atoms with E-state index >= 15 is 0 Å². The first-order valence-electron chi connectivity index (χ1n) is 6.96. The van der Waals surface area contributed by atoms with Crippen molar-refractivity contribution in [2.24, 2.45) is 11.8 Å². The van der Waals surface area contributed by atoms with Crippen molar-refractivity contribution in [3.63, 3.8) is 0 Å². The van der Waals surface area contributed by atoms with Crippen LogP contribution in [-0.2, 0) is 14.3 Å². The molecule has 1 N–H and O–H groups in total. The van der Waals surface area contributed by atoms with Gasteiger partial charge in [0.25, 0.3) is 0 Å². The minimum absolute atomic E-state index is 0.00568. The van der Waals surface area contributed by atoms with Gasteiger partial charge >= 0.3 is 0 Å². The number of benzene rings is 1. The highest BCUT2D eigenvalue weighted by Gasteiger charge is 2.52. The minimum Gasteiger partial charge on any atom is -0.550 e. The molecule has 0 spiro atoms. The summed E-state index contributed by atoms with van der Waals surface area (Å²) in [5, 5.41) is 24.5. The fourth-order valence-electron chi connectivity index (χ4n) is 3.23. The van der Waals surface area contributed by atoms with E-state index < -0.39 is 41.9 Å². The van der Waals surface area contributed by atoms with Gasteiger partial charge in [0.1, 0.15) is 0 Å². The summed E-state index contributed by atoms with van der Waals surface area (Å²) in [6, 6.07) is 5.45. The SMILES string of the molecule is O=C([O-])c1ccc(NC(=O)[C@@H]2[C@H](C(=O)[O-])[C@@H]3CC[C@H]2O3)cc1. The molecule has 2 bridgehead atoms. The summed E-state index contributed by atoms with van der Waals surface area (Å²) in [6.45, 7) is 0. The summed E-state index contributed by atoms with van der Waals surface area (Å²) in [6.07, 6.45) is 0.394. The van der Waals surface area contributed by atoms with Crippen molar-refractivity contribution < 1.29 is 29.3 Å². The Morgan fingerprint density at radius 3 is 2.14 bits per heavy atom. The van der Waals surface area contributed by atoms with E-state index in [0.717, 1.165) is 0 Å². The molecule has 2 heterocycles. The van der Waals surface area contributed by atoms with E-state index in [1.54, 1.807) is 0 Å². The third kappa shape index (κ3) is 2.43. The van der Waals surface area contributed by atoms with Gasteiger partial charge in [-0.1, -0.05) is 12.1 Å². The van der Waals surface area contributed by atoms with Crippen molar-refractivity contribution in [3.8, 4) is 0 Å². The number of hydrogen-bond donors (Lipinski definition) is 1. The average molecular weight is 303 g/mol. The Hall–Kier alpha value is -2.41. The molecule has 7 heteroatoms. The molecular formula is C15H13NO6-2. The quantitative estimate of drug-likeness (QED) is 0.725. The molecular weight excluding hydrogens is 290 g/mol. The van der Waals surface area contributed by atoms with Crippen molar-refractivity contribution in [2.45, 2.75) is 25.0 Å². The number of carbonyl (C=O) groups is 3. The normalized spacial score (nSPS) is 29.3. The van der Waals surface area contributed by atoms with Gasteiger partial charge in [-0.2, -0.15) is 0 Å². The molecule has 0 radical (unpaired) electrons. The number of aliphatic carboxylic acids is 1. The monoisotopic (exact) mass is 303 g/mol. The van der Waals surface area contributed by atoms with Gasteiger partial charge in [-0.3, -0.25) is 4.79 Å². The molecule has 0 saturated carbocycles. The first-order chi connectivity index (χ1) is 10.5. The lowest BCUT2D eigenvalue weighted by atomic mass is 9.78. The van der Waals surface area contributed by atoms with E-state index in [1.807, 2.05) is 0 Å². The molecule has 1 aromatic rings. The first kappa shape index (κ1) is 14.5. The minimum atomic E-state index is -1.31. The van der Waals surface area contributed by atoms with Crippen LogP contribution in [0.5, 0.6) is 0 Å². The number of amides is 1. The molecule has 1 aromatic carbocycles. The predicted molar refractivity (Wildman–Crippen MR) is 69.3 cm³/mol. The Labute approximate surface area is 125 Å². The van der Waals surface area contributed by atoms with Crippen LogP contribution in [0.4, 0.5) is 5.69 Å². The molecule has 2 saturated heterocycles. The summed E-state index contributed by atoms with van der Waals surface area (Å²) < 4.78 is 5.50. The highest BCUT2D eigenvalue weighted by molar-refractivity contribution is 5.96. The molecule has 4 atom stereocenters. The number of fused-ring (bicyclic) bond motifs is 2. The maximum Gasteiger partial charge on any atom is 0.230 e. The van der Waals surface area contributed by atoms with Crippen LogP contribution < -0.4 is 15.5 Å². The zero-order valence-corrected chi connectivity index (χ0v) is 11.5. The van der Waals surface area contributed by atoms with Crippen LogP contribution in [0, 0.1) is 11.8 Å². The average Bonchev–Trinajstić information content (AvgIpc) is 3.08. The largest absolute Gasteiger partial charge is 0.550 e. The van der Waals surface area contributed by atoms with E-state index in [9.17, 15) is 24.6 Å². The Bertz CT molecular complexity index is 625. The highest BCUT2D eigenvalue weighted by atomic mass is 16.5. The molecule has 7 nitrogen and oxygen atoms in total. The zero-order chi connectivity index (χ0) is 15.9. The van der Waals surface area contributed by atoms with Crippen LogP contribution in [0.3, 0.4) is 0 Å². The second-order valence-corrected chi connectivity index (χ2v) is 5.51. The second-order valence-electron chi connectivity index (χ2n) is 5.51. The van der Waals surface area contributed by atoms with Gasteiger partial charge in [0, 0.05) is 17.6 Å². The van der Waals surface area contributed by atoms with Crippen LogP contribution in [-0.4, -0.2) is 30.1 Å². The van der Waals surface area contributed by atoms with Crippen molar-refractivity contribution in [3.05, 3.63) is 29.8 Å². The Morgan fingerprint density at radius 2 is 1.59 bits per heavy atom. The fraction of sp³-hybridized carbons (Fsp3) is 0.400. The summed E-state index contributed by atoms with van der Waals surface area (Å²) in [5.74, 6) is -4.77. The Kier molecular flexibility index (Phi) is 3.58. The first-order valence-corrected chi connectivity index (χ1v) is 6.96. The molecule has 2 aliphatic heterocycles. The number of carboxylic acids is 2. The number of rotatable bonds is 4. The summed E-state index contributed by atoms with van der Waals surface area (Å²) in [7, 11) is 0. The van der Waals surface area contributed by atoms with E-state index in [4.69, 9.17) is 4.74 Å². The van der Waals surface area contributed by atoms with Crippen LogP contribution >= 0.6 is 0 Å². The molecule has 0 unspecified atom stereocenters. The Balaban J connectivity index is 1.73. The third-order valence-corrected chi connectivity index (χ3v) is 4.24. The van der Waals surface area contributed by atoms with Gasteiger partial charge < -0.3 is 29.9 Å². The van der Waals surface area contributed by atoms with Gasteiger partial charge in [-0.05, 0) is 30.5 Å². The van der Waals surface area contributed by atoms with Crippen molar-refractivity contribution >= 4 is 23.5 Å². The predicted octanol–water partition coefficient (Wildman–Crippen LogP) is -1.47. The van der Waals surface area contributed by atoms with Crippen molar-refractivity contribution in [2.75, 3.05) is 5.32 Å².